The number of nitrogens with zero attached hydrogens (tertiary/aromatic N) is 1. The average Bonchev–Trinajstić information content (AvgIpc) is 1.96. The summed E-state index contributed by atoms with van der Waals surface area (Å²) in [5.41, 5.74) is 0.303. The molecule has 0 aromatic rings. The molecular weight excluding hydrogens is 158 g/mol. The molecule has 13 heavy (non-hydrogen) atoms. The third kappa shape index (κ3) is 4.66. The maximum Gasteiger partial charge on any atom is 0.0127 e. The normalized spacial score (nSPS) is 15.5. The van der Waals surface area contributed by atoms with Gasteiger partial charge in [0.05, 0.1) is 0 Å². The molecule has 0 amide bonds. The summed E-state index contributed by atoms with van der Waals surface area (Å²) in [7, 11) is 0. The van der Waals surface area contributed by atoms with Crippen LogP contribution in [-0.2, 0) is 0 Å². The Morgan fingerprint density at radius 3 is 1.77 bits per heavy atom. The molecule has 0 spiro atoms. The summed E-state index contributed by atoms with van der Waals surface area (Å²) in [6.07, 6.45) is 1.28. The Morgan fingerprint density at radius 2 is 1.54 bits per heavy atom. The lowest BCUT2D eigenvalue weighted by atomic mass is 9.99. The first-order valence-corrected chi connectivity index (χ1v) is 5.55. The van der Waals surface area contributed by atoms with Gasteiger partial charge >= 0.3 is 0 Å². The van der Waals surface area contributed by atoms with Gasteiger partial charge in [0, 0.05) is 18.1 Å². The highest BCUT2D eigenvalue weighted by Gasteiger charge is 2.24. The smallest absolute Gasteiger partial charge is 0.0127 e. The molecule has 0 aromatic heterocycles. The quantitative estimate of drug-likeness (QED) is 0.647. The fraction of sp³-hybridized carbons (Fsp3) is 1.00. The third-order valence-electron chi connectivity index (χ3n) is 2.69. The first-order valence-electron chi connectivity index (χ1n) is 5.55. The van der Waals surface area contributed by atoms with Crippen molar-refractivity contribution < 1.29 is 0 Å². The Labute approximate surface area is 84.5 Å². The lowest BCUT2D eigenvalue weighted by molar-refractivity contribution is 0.0808. The summed E-state index contributed by atoms with van der Waals surface area (Å²) in [6, 6.07) is 0.647. The highest BCUT2D eigenvalue weighted by molar-refractivity contribution is 4.80. The van der Waals surface area contributed by atoms with Crippen LogP contribution >= 0.6 is 0 Å². The fourth-order valence-electron chi connectivity index (χ4n) is 1.72. The van der Waals surface area contributed by atoms with Crippen molar-refractivity contribution in [1.29, 1.82) is 0 Å². The highest BCUT2D eigenvalue weighted by atomic mass is 15.2. The van der Waals surface area contributed by atoms with E-state index in [4.69, 9.17) is 0 Å². The van der Waals surface area contributed by atoms with E-state index in [2.05, 4.69) is 53.4 Å². The predicted octanol–water partition coefficient (Wildman–Crippen LogP) is 3.54. The molecule has 1 unspecified atom stereocenters. The maximum absolute atomic E-state index is 2.58. The predicted molar refractivity (Wildman–Crippen MR) is 61.1 cm³/mol. The van der Waals surface area contributed by atoms with E-state index in [-0.39, 0.29) is 0 Å². The molecular formula is C12H27N. The monoisotopic (exact) mass is 185 g/mol. The van der Waals surface area contributed by atoms with Gasteiger partial charge in [0.2, 0.25) is 0 Å². The van der Waals surface area contributed by atoms with E-state index in [1.807, 2.05) is 0 Å². The van der Waals surface area contributed by atoms with Crippen molar-refractivity contribution in [2.24, 2.45) is 5.92 Å². The molecule has 0 heterocycles. The second-order valence-corrected chi connectivity index (χ2v) is 5.43. The van der Waals surface area contributed by atoms with Crippen LogP contribution in [-0.4, -0.2) is 23.0 Å². The number of hydrogen-bond acceptors (Lipinski definition) is 1. The fourth-order valence-corrected chi connectivity index (χ4v) is 1.72. The van der Waals surface area contributed by atoms with Crippen LogP contribution in [0.5, 0.6) is 0 Å². The number of hydrogen-bond donors (Lipinski definition) is 0. The van der Waals surface area contributed by atoms with Crippen LogP contribution < -0.4 is 0 Å². The molecule has 0 aliphatic heterocycles. The first kappa shape index (κ1) is 13.0. The van der Waals surface area contributed by atoms with Gasteiger partial charge in [-0.25, -0.2) is 0 Å². The van der Waals surface area contributed by atoms with Gasteiger partial charge in [-0.05, 0) is 40.5 Å². The average molecular weight is 185 g/mol. The molecule has 0 saturated carbocycles. The molecule has 0 saturated heterocycles. The zero-order valence-corrected chi connectivity index (χ0v) is 10.5. The van der Waals surface area contributed by atoms with E-state index >= 15 is 0 Å². The Hall–Kier alpha value is -0.0400. The Kier molecular flexibility index (Phi) is 4.98. The van der Waals surface area contributed by atoms with Gasteiger partial charge in [-0.1, -0.05) is 20.3 Å². The molecule has 1 heteroatoms. The van der Waals surface area contributed by atoms with E-state index in [9.17, 15) is 0 Å². The van der Waals surface area contributed by atoms with Crippen molar-refractivity contribution in [2.75, 3.05) is 6.54 Å². The summed E-state index contributed by atoms with van der Waals surface area (Å²) in [5.74, 6) is 0.807. The van der Waals surface area contributed by atoms with Gasteiger partial charge in [-0.15, -0.1) is 0 Å². The summed E-state index contributed by atoms with van der Waals surface area (Å²) < 4.78 is 0. The van der Waals surface area contributed by atoms with Crippen molar-refractivity contribution in [3.63, 3.8) is 0 Å². The molecule has 0 aliphatic rings. The van der Waals surface area contributed by atoms with Crippen LogP contribution in [0.25, 0.3) is 0 Å². The largest absolute Gasteiger partial charge is 0.296 e. The van der Waals surface area contributed by atoms with Gasteiger partial charge in [-0.3, -0.25) is 4.90 Å². The van der Waals surface area contributed by atoms with Crippen LogP contribution in [0, 0.1) is 5.92 Å². The van der Waals surface area contributed by atoms with Crippen LogP contribution in [0.3, 0.4) is 0 Å². The van der Waals surface area contributed by atoms with E-state index in [0.29, 0.717) is 11.6 Å². The minimum Gasteiger partial charge on any atom is -0.296 e. The summed E-state index contributed by atoms with van der Waals surface area (Å²) in [5, 5.41) is 0. The Balaban J connectivity index is 4.28. The topological polar surface area (TPSA) is 3.24 Å². The number of rotatable bonds is 4. The van der Waals surface area contributed by atoms with Crippen molar-refractivity contribution in [1.82, 2.24) is 4.90 Å². The molecule has 0 aliphatic carbocycles. The zero-order chi connectivity index (χ0) is 10.6. The third-order valence-corrected chi connectivity index (χ3v) is 2.69. The van der Waals surface area contributed by atoms with Gasteiger partial charge in [0.1, 0.15) is 0 Å². The van der Waals surface area contributed by atoms with Gasteiger partial charge in [0.15, 0.2) is 0 Å². The second kappa shape index (κ2) is 4.99. The Morgan fingerprint density at radius 1 is 1.08 bits per heavy atom. The molecule has 0 bridgehead atoms. The van der Waals surface area contributed by atoms with Crippen molar-refractivity contribution in [3.8, 4) is 0 Å². The molecule has 0 fully saturated rings. The van der Waals surface area contributed by atoms with Gasteiger partial charge in [-0.2, -0.15) is 0 Å². The minimum atomic E-state index is 0.303. The van der Waals surface area contributed by atoms with Crippen LogP contribution in [0.2, 0.25) is 0 Å². The van der Waals surface area contributed by atoms with Crippen molar-refractivity contribution in [3.05, 3.63) is 0 Å². The molecule has 1 nitrogen and oxygen atoms in total. The van der Waals surface area contributed by atoms with Gasteiger partial charge in [0.25, 0.3) is 0 Å². The van der Waals surface area contributed by atoms with E-state index in [1.54, 1.807) is 0 Å². The Bertz CT molecular complexity index is 133. The highest BCUT2D eigenvalue weighted by Crippen LogP contribution is 2.19. The molecule has 0 radical (unpaired) electrons. The SMILES string of the molecule is CCC(C)CN(C(C)C)C(C)(C)C. The zero-order valence-electron chi connectivity index (χ0n) is 10.5. The molecule has 1 atom stereocenters. The standard InChI is InChI=1S/C12H27N/c1-8-11(4)9-13(10(2)3)12(5,6)7/h10-11H,8-9H2,1-7H3. The maximum atomic E-state index is 2.58. The minimum absolute atomic E-state index is 0.303. The van der Waals surface area contributed by atoms with Crippen LogP contribution in [0.1, 0.15) is 54.9 Å². The van der Waals surface area contributed by atoms with E-state index in [0.717, 1.165) is 5.92 Å². The van der Waals surface area contributed by atoms with Gasteiger partial charge < -0.3 is 0 Å². The molecule has 80 valence electrons. The summed E-state index contributed by atoms with van der Waals surface area (Å²) in [4.78, 5) is 2.58. The second-order valence-electron chi connectivity index (χ2n) is 5.43. The first-order chi connectivity index (χ1) is 5.79. The van der Waals surface area contributed by atoms with Crippen LogP contribution in [0.4, 0.5) is 0 Å². The van der Waals surface area contributed by atoms with E-state index in [1.165, 1.54) is 13.0 Å². The molecule has 0 N–H and O–H groups in total. The lowest BCUT2D eigenvalue weighted by Crippen LogP contribution is -2.47. The molecule has 0 rings (SSSR count). The summed E-state index contributed by atoms with van der Waals surface area (Å²) >= 11 is 0. The summed E-state index contributed by atoms with van der Waals surface area (Å²) in [6.45, 7) is 17.3. The van der Waals surface area contributed by atoms with Crippen LogP contribution in [0.15, 0.2) is 0 Å². The molecule has 0 aromatic carbocycles. The lowest BCUT2D eigenvalue weighted by Gasteiger charge is -2.40. The van der Waals surface area contributed by atoms with Crippen molar-refractivity contribution >= 4 is 0 Å². The van der Waals surface area contributed by atoms with E-state index < -0.39 is 0 Å². The van der Waals surface area contributed by atoms with Crippen molar-refractivity contribution in [2.45, 2.75) is 66.5 Å².